The smallest absolute Gasteiger partial charge is 0.375 e. The summed E-state index contributed by atoms with van der Waals surface area (Å²) in [6.07, 6.45) is 0.363. The van der Waals surface area contributed by atoms with Crippen molar-refractivity contribution in [2.75, 3.05) is 5.32 Å². The molecule has 1 amide bonds. The Hall–Kier alpha value is -2.98. The largest absolute Gasteiger partial charge is 0.447 e. The van der Waals surface area contributed by atoms with E-state index in [-0.39, 0.29) is 22.7 Å². The van der Waals surface area contributed by atoms with Gasteiger partial charge < -0.3 is 14.5 Å². The fourth-order valence-corrected chi connectivity index (χ4v) is 3.59. The standard InChI is InChI=1S/C19H20N2O7S/c1-11(22)13-3-5-14(6-4-13)20-18(23)12(2)27-19(24)16-9-10-17(28-16)29(25,26)21-15-7-8-15/h3-6,9-10,12,15,21H,7-8H2,1-2H3,(H,20,23)/t12-/m0/s1. The van der Waals surface area contributed by atoms with Crippen LogP contribution >= 0.6 is 0 Å². The maximum Gasteiger partial charge on any atom is 0.375 e. The van der Waals surface area contributed by atoms with Gasteiger partial charge in [0.2, 0.25) is 10.9 Å². The fraction of sp³-hybridized carbons (Fsp3) is 0.316. The van der Waals surface area contributed by atoms with E-state index in [0.717, 1.165) is 18.9 Å². The second-order valence-corrected chi connectivity index (χ2v) is 8.33. The van der Waals surface area contributed by atoms with Crippen molar-refractivity contribution >= 4 is 33.4 Å². The van der Waals surface area contributed by atoms with Crippen molar-refractivity contribution in [2.24, 2.45) is 0 Å². The number of benzene rings is 1. The lowest BCUT2D eigenvalue weighted by atomic mass is 10.1. The van der Waals surface area contributed by atoms with Gasteiger partial charge in [0, 0.05) is 17.3 Å². The zero-order chi connectivity index (χ0) is 21.2. The van der Waals surface area contributed by atoms with E-state index in [1.807, 2.05) is 0 Å². The number of sulfonamides is 1. The molecule has 29 heavy (non-hydrogen) atoms. The lowest BCUT2D eigenvalue weighted by Crippen LogP contribution is -2.30. The summed E-state index contributed by atoms with van der Waals surface area (Å²) in [6, 6.07) is 8.47. The van der Waals surface area contributed by atoms with E-state index in [2.05, 4.69) is 10.0 Å². The van der Waals surface area contributed by atoms with E-state index < -0.39 is 28.0 Å². The number of hydrogen-bond donors (Lipinski definition) is 2. The Bertz CT molecular complexity index is 1040. The first-order valence-electron chi connectivity index (χ1n) is 8.91. The Morgan fingerprint density at radius 2 is 1.76 bits per heavy atom. The molecule has 0 bridgehead atoms. The molecule has 0 aliphatic heterocycles. The zero-order valence-electron chi connectivity index (χ0n) is 15.8. The molecule has 1 aromatic carbocycles. The van der Waals surface area contributed by atoms with Gasteiger partial charge in [-0.2, -0.15) is 0 Å². The number of ketones is 1. The quantitative estimate of drug-likeness (QED) is 0.494. The number of Topliss-reactive ketones (excluding diaryl/α,β-unsaturated/α-hetero) is 1. The molecule has 9 nitrogen and oxygen atoms in total. The molecular weight excluding hydrogens is 400 g/mol. The third-order valence-electron chi connectivity index (χ3n) is 4.16. The molecule has 1 aromatic heterocycles. The van der Waals surface area contributed by atoms with Crippen molar-refractivity contribution in [3.63, 3.8) is 0 Å². The van der Waals surface area contributed by atoms with E-state index in [4.69, 9.17) is 9.15 Å². The summed E-state index contributed by atoms with van der Waals surface area (Å²) in [7, 11) is -3.83. The minimum Gasteiger partial charge on any atom is -0.447 e. The highest BCUT2D eigenvalue weighted by Gasteiger charge is 2.31. The molecule has 0 unspecified atom stereocenters. The SMILES string of the molecule is CC(=O)c1ccc(NC(=O)[C@H](C)OC(=O)c2ccc(S(=O)(=O)NC3CC3)o2)cc1. The molecule has 1 heterocycles. The van der Waals surface area contributed by atoms with E-state index >= 15 is 0 Å². The lowest BCUT2D eigenvalue weighted by Gasteiger charge is -2.13. The van der Waals surface area contributed by atoms with Crippen LogP contribution in [-0.4, -0.2) is 38.2 Å². The highest BCUT2D eigenvalue weighted by atomic mass is 32.2. The number of nitrogens with one attached hydrogen (secondary N) is 2. The Balaban J connectivity index is 1.58. The Morgan fingerprint density at radius 3 is 2.34 bits per heavy atom. The summed E-state index contributed by atoms with van der Waals surface area (Å²) in [5.74, 6) is -1.99. The van der Waals surface area contributed by atoms with Gasteiger partial charge in [0.15, 0.2) is 11.9 Å². The number of furan rings is 1. The van der Waals surface area contributed by atoms with E-state index in [1.54, 1.807) is 24.3 Å². The molecule has 1 saturated carbocycles. The number of carbonyl (C=O) groups is 3. The monoisotopic (exact) mass is 420 g/mol. The van der Waals surface area contributed by atoms with Crippen molar-refractivity contribution in [2.45, 2.75) is 43.9 Å². The molecule has 1 aliphatic carbocycles. The summed E-state index contributed by atoms with van der Waals surface area (Å²) >= 11 is 0. The molecular formula is C19H20N2O7S. The summed E-state index contributed by atoms with van der Waals surface area (Å²) in [4.78, 5) is 35.6. The van der Waals surface area contributed by atoms with Gasteiger partial charge in [-0.15, -0.1) is 0 Å². The van der Waals surface area contributed by atoms with Crippen molar-refractivity contribution in [3.05, 3.63) is 47.7 Å². The number of rotatable bonds is 8. The van der Waals surface area contributed by atoms with Crippen LogP contribution in [-0.2, 0) is 19.6 Å². The number of amides is 1. The highest BCUT2D eigenvalue weighted by Crippen LogP contribution is 2.23. The van der Waals surface area contributed by atoms with E-state index in [1.165, 1.54) is 19.9 Å². The first-order valence-corrected chi connectivity index (χ1v) is 10.4. The van der Waals surface area contributed by atoms with Crippen LogP contribution in [0.25, 0.3) is 0 Å². The van der Waals surface area contributed by atoms with Gasteiger partial charge in [-0.05, 0) is 63.1 Å². The minimum atomic E-state index is -3.83. The summed E-state index contributed by atoms with van der Waals surface area (Å²) in [5.41, 5.74) is 0.933. The molecule has 0 saturated heterocycles. The Kier molecular flexibility index (Phi) is 5.85. The van der Waals surface area contributed by atoms with Crippen molar-refractivity contribution in [3.8, 4) is 0 Å². The molecule has 0 radical (unpaired) electrons. The van der Waals surface area contributed by atoms with E-state index in [0.29, 0.717) is 11.3 Å². The average Bonchev–Trinajstić information content (AvgIpc) is 3.31. The molecule has 2 N–H and O–H groups in total. The van der Waals surface area contributed by atoms with Crippen molar-refractivity contribution in [1.29, 1.82) is 0 Å². The maximum atomic E-state index is 12.2. The van der Waals surface area contributed by atoms with Gasteiger partial charge in [0.25, 0.3) is 15.9 Å². The van der Waals surface area contributed by atoms with Gasteiger partial charge in [0.05, 0.1) is 0 Å². The van der Waals surface area contributed by atoms with Crippen LogP contribution in [0.5, 0.6) is 0 Å². The van der Waals surface area contributed by atoms with Gasteiger partial charge in [-0.25, -0.2) is 17.9 Å². The van der Waals surface area contributed by atoms with E-state index in [9.17, 15) is 22.8 Å². The molecule has 2 aromatic rings. The van der Waals surface area contributed by atoms with Crippen LogP contribution in [0.4, 0.5) is 5.69 Å². The van der Waals surface area contributed by atoms with Crippen LogP contribution in [0.1, 0.15) is 47.6 Å². The summed E-state index contributed by atoms with van der Waals surface area (Å²) in [5, 5.41) is 2.17. The van der Waals surface area contributed by atoms with Crippen molar-refractivity contribution < 1.29 is 32.0 Å². The molecule has 1 atom stereocenters. The maximum absolute atomic E-state index is 12.2. The predicted molar refractivity (Wildman–Crippen MR) is 102 cm³/mol. The molecule has 3 rings (SSSR count). The molecule has 0 spiro atoms. The zero-order valence-corrected chi connectivity index (χ0v) is 16.6. The molecule has 1 aliphatic rings. The Morgan fingerprint density at radius 1 is 1.10 bits per heavy atom. The van der Waals surface area contributed by atoms with Gasteiger partial charge in [-0.1, -0.05) is 0 Å². The third-order valence-corrected chi connectivity index (χ3v) is 5.55. The normalized spacial score (nSPS) is 14.8. The number of anilines is 1. The number of carbonyl (C=O) groups excluding carboxylic acids is 3. The van der Waals surface area contributed by atoms with Gasteiger partial charge in [-0.3, -0.25) is 9.59 Å². The molecule has 154 valence electrons. The predicted octanol–water partition coefficient (Wildman–Crippen LogP) is 2.11. The van der Waals surface area contributed by atoms with Crippen LogP contribution in [0.2, 0.25) is 0 Å². The van der Waals surface area contributed by atoms with Crippen LogP contribution < -0.4 is 10.0 Å². The van der Waals surface area contributed by atoms with Crippen LogP contribution in [0.3, 0.4) is 0 Å². The van der Waals surface area contributed by atoms with Gasteiger partial charge in [0.1, 0.15) is 0 Å². The third kappa shape index (κ3) is 5.30. The Labute approximate surface area is 167 Å². The highest BCUT2D eigenvalue weighted by molar-refractivity contribution is 7.89. The number of ether oxygens (including phenoxy) is 1. The summed E-state index contributed by atoms with van der Waals surface area (Å²) < 4.78 is 36.7. The second-order valence-electron chi connectivity index (χ2n) is 6.68. The summed E-state index contributed by atoms with van der Waals surface area (Å²) in [6.45, 7) is 2.80. The second kappa shape index (κ2) is 8.18. The van der Waals surface area contributed by atoms with Gasteiger partial charge >= 0.3 is 5.97 Å². The van der Waals surface area contributed by atoms with Crippen LogP contribution in [0, 0.1) is 0 Å². The van der Waals surface area contributed by atoms with Crippen molar-refractivity contribution in [1.82, 2.24) is 4.72 Å². The fourth-order valence-electron chi connectivity index (χ4n) is 2.36. The van der Waals surface area contributed by atoms with Crippen LogP contribution in [0.15, 0.2) is 45.9 Å². The minimum absolute atomic E-state index is 0.0997. The topological polar surface area (TPSA) is 132 Å². The first-order chi connectivity index (χ1) is 13.7. The average molecular weight is 420 g/mol. The molecule has 10 heteroatoms. The first kappa shape index (κ1) is 20.7. The molecule has 1 fully saturated rings. The number of esters is 1. The number of hydrogen-bond acceptors (Lipinski definition) is 7. The lowest BCUT2D eigenvalue weighted by molar-refractivity contribution is -0.123.